The second kappa shape index (κ2) is 7.60. The summed E-state index contributed by atoms with van der Waals surface area (Å²) in [6.45, 7) is 2.35. The lowest BCUT2D eigenvalue weighted by Crippen LogP contribution is -2.29. The number of aryl methyl sites for hydroxylation is 1. The van der Waals surface area contributed by atoms with Crippen molar-refractivity contribution in [1.82, 2.24) is 4.90 Å². The van der Waals surface area contributed by atoms with Gasteiger partial charge in [-0.25, -0.2) is 0 Å². The number of aliphatic carboxylic acids is 1. The standard InChI is InChI=1S/C15H17NO4S2/c1-10-6-7-11(20-10)9-12-14(19)16(15(21)22-12)8-4-2-3-5-13(17)18/h6-7,9H,2-5,8H2,1H3,(H,17,18)/p-1. The molecule has 7 heteroatoms. The SMILES string of the molecule is Cc1ccc(C=C2SC(=S)N(CCCCCC(=O)[O-])C2=O)o1. The number of carboxylic acid groups (broad SMARTS) is 1. The van der Waals surface area contributed by atoms with Crippen molar-refractivity contribution in [2.24, 2.45) is 0 Å². The van der Waals surface area contributed by atoms with Gasteiger partial charge in [-0.05, 0) is 38.3 Å². The summed E-state index contributed by atoms with van der Waals surface area (Å²) in [4.78, 5) is 24.7. The van der Waals surface area contributed by atoms with Crippen LogP contribution < -0.4 is 5.11 Å². The third-order valence-electron chi connectivity index (χ3n) is 3.17. The summed E-state index contributed by atoms with van der Waals surface area (Å²) in [5.41, 5.74) is 0. The second-order valence-electron chi connectivity index (χ2n) is 4.96. The Labute approximate surface area is 138 Å². The highest BCUT2D eigenvalue weighted by atomic mass is 32.2. The van der Waals surface area contributed by atoms with Gasteiger partial charge >= 0.3 is 0 Å². The number of hydrogen-bond acceptors (Lipinski definition) is 6. The fraction of sp³-hybridized carbons (Fsp3) is 0.400. The van der Waals surface area contributed by atoms with Crippen LogP contribution in [-0.2, 0) is 9.59 Å². The molecule has 0 aliphatic carbocycles. The van der Waals surface area contributed by atoms with E-state index in [1.807, 2.05) is 19.1 Å². The molecule has 1 amide bonds. The minimum atomic E-state index is -1.04. The molecule has 2 rings (SSSR count). The molecule has 0 radical (unpaired) electrons. The molecule has 1 aromatic heterocycles. The van der Waals surface area contributed by atoms with E-state index in [1.165, 1.54) is 11.8 Å². The van der Waals surface area contributed by atoms with Crippen molar-refractivity contribution in [3.8, 4) is 0 Å². The number of carboxylic acids is 1. The van der Waals surface area contributed by atoms with Crippen LogP contribution in [0.3, 0.4) is 0 Å². The molecule has 0 atom stereocenters. The van der Waals surface area contributed by atoms with Crippen LogP contribution in [0.5, 0.6) is 0 Å². The Morgan fingerprint density at radius 1 is 1.41 bits per heavy atom. The van der Waals surface area contributed by atoms with Crippen molar-refractivity contribution in [1.29, 1.82) is 0 Å². The Morgan fingerprint density at radius 2 is 2.18 bits per heavy atom. The van der Waals surface area contributed by atoms with Gasteiger partial charge in [0.15, 0.2) is 0 Å². The van der Waals surface area contributed by atoms with Gasteiger partial charge in [-0.2, -0.15) is 0 Å². The van der Waals surface area contributed by atoms with Crippen LogP contribution >= 0.6 is 24.0 Å². The van der Waals surface area contributed by atoms with E-state index in [-0.39, 0.29) is 12.3 Å². The molecule has 5 nitrogen and oxygen atoms in total. The lowest BCUT2D eigenvalue weighted by Gasteiger charge is -2.14. The minimum absolute atomic E-state index is 0.0517. The third kappa shape index (κ3) is 4.45. The van der Waals surface area contributed by atoms with Crippen molar-refractivity contribution >= 4 is 46.3 Å². The Morgan fingerprint density at radius 3 is 2.82 bits per heavy atom. The molecule has 0 N–H and O–H groups in total. The molecule has 1 aromatic rings. The molecular weight excluding hydrogens is 322 g/mol. The highest BCUT2D eigenvalue weighted by molar-refractivity contribution is 8.26. The number of carbonyl (C=O) groups is 2. The van der Waals surface area contributed by atoms with E-state index in [0.717, 1.165) is 12.2 Å². The maximum absolute atomic E-state index is 12.3. The van der Waals surface area contributed by atoms with Gasteiger partial charge in [-0.15, -0.1) is 0 Å². The van der Waals surface area contributed by atoms with E-state index in [4.69, 9.17) is 16.6 Å². The summed E-state index contributed by atoms with van der Waals surface area (Å²) in [5, 5.41) is 10.3. The molecule has 1 saturated heterocycles. The van der Waals surface area contributed by atoms with Crippen LogP contribution in [0.2, 0.25) is 0 Å². The summed E-state index contributed by atoms with van der Waals surface area (Å²) in [6, 6.07) is 3.64. The van der Waals surface area contributed by atoms with E-state index in [9.17, 15) is 14.7 Å². The fourth-order valence-corrected chi connectivity index (χ4v) is 3.36. The number of hydrogen-bond donors (Lipinski definition) is 0. The molecule has 22 heavy (non-hydrogen) atoms. The molecule has 1 fully saturated rings. The van der Waals surface area contributed by atoms with E-state index in [2.05, 4.69) is 0 Å². The van der Waals surface area contributed by atoms with Gasteiger partial charge in [0, 0.05) is 18.6 Å². The number of nitrogens with zero attached hydrogens (tertiary/aromatic N) is 1. The van der Waals surface area contributed by atoms with Gasteiger partial charge in [-0.3, -0.25) is 9.69 Å². The van der Waals surface area contributed by atoms with Crippen molar-refractivity contribution in [2.75, 3.05) is 6.54 Å². The van der Waals surface area contributed by atoms with Gasteiger partial charge in [0.2, 0.25) is 0 Å². The molecule has 2 heterocycles. The largest absolute Gasteiger partial charge is 0.550 e. The first-order valence-corrected chi connectivity index (χ1v) is 8.21. The molecule has 0 spiro atoms. The van der Waals surface area contributed by atoms with Crippen LogP contribution in [0.25, 0.3) is 6.08 Å². The summed E-state index contributed by atoms with van der Waals surface area (Å²) < 4.78 is 5.96. The lowest BCUT2D eigenvalue weighted by atomic mass is 10.2. The molecule has 0 saturated carbocycles. The summed E-state index contributed by atoms with van der Waals surface area (Å²) >= 11 is 6.49. The maximum atomic E-state index is 12.3. The second-order valence-corrected chi connectivity index (χ2v) is 6.64. The number of thioether (sulfide) groups is 1. The summed E-state index contributed by atoms with van der Waals surface area (Å²) in [5.74, 6) is 0.257. The first-order valence-electron chi connectivity index (χ1n) is 6.99. The smallest absolute Gasteiger partial charge is 0.266 e. The first kappa shape index (κ1) is 16.8. The Bertz CT molecular complexity index is 621. The average molecular weight is 338 g/mol. The van der Waals surface area contributed by atoms with Crippen molar-refractivity contribution in [3.63, 3.8) is 0 Å². The normalized spacial score (nSPS) is 16.8. The number of carbonyl (C=O) groups excluding carboxylic acids is 2. The Hall–Kier alpha value is -1.60. The van der Waals surface area contributed by atoms with Gasteiger partial charge in [0.1, 0.15) is 15.8 Å². The van der Waals surface area contributed by atoms with Crippen LogP contribution in [0.15, 0.2) is 21.5 Å². The van der Waals surface area contributed by atoms with Gasteiger partial charge < -0.3 is 14.3 Å². The van der Waals surface area contributed by atoms with Crippen LogP contribution in [0.4, 0.5) is 0 Å². The van der Waals surface area contributed by atoms with E-state index in [0.29, 0.717) is 34.4 Å². The Kier molecular flexibility index (Phi) is 5.79. The van der Waals surface area contributed by atoms with Gasteiger partial charge in [0.25, 0.3) is 5.91 Å². The predicted octanol–water partition coefficient (Wildman–Crippen LogP) is 2.10. The van der Waals surface area contributed by atoms with E-state index >= 15 is 0 Å². The average Bonchev–Trinajstić information content (AvgIpc) is 2.96. The maximum Gasteiger partial charge on any atom is 0.266 e. The molecule has 1 aliphatic heterocycles. The number of rotatable bonds is 7. The number of unbranched alkanes of at least 4 members (excludes halogenated alkanes) is 2. The Balaban J connectivity index is 1.89. The molecule has 1 aliphatic rings. The number of furan rings is 1. The van der Waals surface area contributed by atoms with E-state index < -0.39 is 5.97 Å². The predicted molar refractivity (Wildman–Crippen MR) is 86.8 cm³/mol. The van der Waals surface area contributed by atoms with E-state index in [1.54, 1.807) is 11.0 Å². The molecule has 0 unspecified atom stereocenters. The quantitative estimate of drug-likeness (QED) is 0.431. The minimum Gasteiger partial charge on any atom is -0.550 e. The molecular formula is C15H16NO4S2-. The zero-order valence-corrected chi connectivity index (χ0v) is 13.8. The van der Waals surface area contributed by atoms with Crippen LogP contribution in [0, 0.1) is 6.92 Å². The first-order chi connectivity index (χ1) is 10.5. The summed E-state index contributed by atoms with van der Waals surface area (Å²) in [7, 11) is 0. The lowest BCUT2D eigenvalue weighted by molar-refractivity contribution is -0.305. The third-order valence-corrected chi connectivity index (χ3v) is 4.55. The molecule has 118 valence electrons. The number of amides is 1. The van der Waals surface area contributed by atoms with Gasteiger partial charge in [-0.1, -0.05) is 30.4 Å². The fourth-order valence-electron chi connectivity index (χ4n) is 2.07. The molecule has 0 aromatic carbocycles. The van der Waals surface area contributed by atoms with Crippen LogP contribution in [-0.4, -0.2) is 27.6 Å². The van der Waals surface area contributed by atoms with Crippen LogP contribution in [0.1, 0.15) is 37.2 Å². The molecule has 0 bridgehead atoms. The number of thiocarbonyl (C=S) groups is 1. The highest BCUT2D eigenvalue weighted by Crippen LogP contribution is 2.33. The topological polar surface area (TPSA) is 73.6 Å². The van der Waals surface area contributed by atoms with Crippen molar-refractivity contribution in [3.05, 3.63) is 28.6 Å². The zero-order valence-electron chi connectivity index (χ0n) is 12.2. The zero-order chi connectivity index (χ0) is 16.1. The monoisotopic (exact) mass is 338 g/mol. The van der Waals surface area contributed by atoms with Crippen molar-refractivity contribution < 1.29 is 19.1 Å². The summed E-state index contributed by atoms with van der Waals surface area (Å²) in [6.07, 6.45) is 3.74. The van der Waals surface area contributed by atoms with Crippen molar-refractivity contribution in [2.45, 2.75) is 32.6 Å². The van der Waals surface area contributed by atoms with Gasteiger partial charge in [0.05, 0.1) is 4.91 Å². The highest BCUT2D eigenvalue weighted by Gasteiger charge is 2.31.